The molecule has 0 aromatic carbocycles. The van der Waals surface area contributed by atoms with E-state index >= 15 is 0 Å². The van der Waals surface area contributed by atoms with Crippen molar-refractivity contribution in [1.82, 2.24) is 15.1 Å². The number of rotatable bonds is 4. The molecule has 5 heteroatoms. The Bertz CT molecular complexity index is 388. The van der Waals surface area contributed by atoms with E-state index in [9.17, 15) is 4.79 Å². The van der Waals surface area contributed by atoms with E-state index in [1.54, 1.807) is 0 Å². The van der Waals surface area contributed by atoms with E-state index in [0.717, 1.165) is 37.9 Å². The van der Waals surface area contributed by atoms with Crippen molar-refractivity contribution in [3.8, 4) is 0 Å². The van der Waals surface area contributed by atoms with E-state index in [1.807, 2.05) is 17.1 Å². The lowest BCUT2D eigenvalue weighted by Crippen LogP contribution is -2.48. The molecule has 3 N–H and O–H groups in total. The summed E-state index contributed by atoms with van der Waals surface area (Å²) in [5.41, 5.74) is 6.61. The number of carbonyl (C=O) groups is 1. The molecule has 5 nitrogen and oxygen atoms in total. The zero-order chi connectivity index (χ0) is 12.3. The molecule has 2 atom stereocenters. The minimum atomic E-state index is -0.190. The van der Waals surface area contributed by atoms with Gasteiger partial charge in [-0.05, 0) is 38.3 Å². The molecule has 0 aliphatic carbocycles. The highest BCUT2D eigenvalue weighted by molar-refractivity contribution is 5.77. The SMILES string of the molecule is CCn1cc(CC2NCCCC2C(N)=O)cn1. The Labute approximate surface area is 101 Å². The van der Waals surface area contributed by atoms with Crippen molar-refractivity contribution in [3.05, 3.63) is 18.0 Å². The molecule has 1 amide bonds. The second kappa shape index (κ2) is 5.31. The van der Waals surface area contributed by atoms with Crippen LogP contribution in [0.2, 0.25) is 0 Å². The van der Waals surface area contributed by atoms with Crippen molar-refractivity contribution in [3.63, 3.8) is 0 Å². The minimum absolute atomic E-state index is 0.0475. The number of hydrogen-bond donors (Lipinski definition) is 2. The maximum absolute atomic E-state index is 11.4. The highest BCUT2D eigenvalue weighted by atomic mass is 16.1. The topological polar surface area (TPSA) is 72.9 Å². The summed E-state index contributed by atoms with van der Waals surface area (Å²) < 4.78 is 1.90. The molecule has 1 fully saturated rings. The molecule has 1 aliphatic heterocycles. The predicted octanol–water partition coefficient (Wildman–Crippen LogP) is 0.299. The van der Waals surface area contributed by atoms with Crippen LogP contribution in [0.4, 0.5) is 0 Å². The fraction of sp³-hybridized carbons (Fsp3) is 0.667. The van der Waals surface area contributed by atoms with Gasteiger partial charge in [0.05, 0.1) is 12.1 Å². The third kappa shape index (κ3) is 2.85. The smallest absolute Gasteiger partial charge is 0.222 e. The Balaban J connectivity index is 2.02. The zero-order valence-electron chi connectivity index (χ0n) is 10.2. The summed E-state index contributed by atoms with van der Waals surface area (Å²) in [6.45, 7) is 3.90. The van der Waals surface area contributed by atoms with Crippen LogP contribution in [0.5, 0.6) is 0 Å². The second-order valence-electron chi connectivity index (χ2n) is 4.62. The largest absolute Gasteiger partial charge is 0.369 e. The van der Waals surface area contributed by atoms with Gasteiger partial charge in [-0.25, -0.2) is 0 Å². The molecule has 2 rings (SSSR count). The van der Waals surface area contributed by atoms with E-state index in [1.165, 1.54) is 0 Å². The summed E-state index contributed by atoms with van der Waals surface area (Å²) in [6, 6.07) is 0.163. The van der Waals surface area contributed by atoms with Crippen molar-refractivity contribution in [2.75, 3.05) is 6.54 Å². The number of nitrogens with one attached hydrogen (secondary N) is 1. The molecular weight excluding hydrogens is 216 g/mol. The van der Waals surface area contributed by atoms with Crippen LogP contribution >= 0.6 is 0 Å². The number of nitrogens with zero attached hydrogens (tertiary/aromatic N) is 2. The first-order valence-corrected chi connectivity index (χ1v) is 6.24. The molecule has 1 saturated heterocycles. The molecular formula is C12H20N4O. The predicted molar refractivity (Wildman–Crippen MR) is 65.3 cm³/mol. The monoisotopic (exact) mass is 236 g/mol. The number of primary amides is 1. The molecule has 2 unspecified atom stereocenters. The fourth-order valence-electron chi connectivity index (χ4n) is 2.45. The van der Waals surface area contributed by atoms with Crippen molar-refractivity contribution >= 4 is 5.91 Å². The van der Waals surface area contributed by atoms with Crippen molar-refractivity contribution < 1.29 is 4.79 Å². The van der Waals surface area contributed by atoms with Crippen LogP contribution in [-0.2, 0) is 17.8 Å². The highest BCUT2D eigenvalue weighted by Gasteiger charge is 2.29. The van der Waals surface area contributed by atoms with Crippen molar-refractivity contribution in [1.29, 1.82) is 0 Å². The Hall–Kier alpha value is -1.36. The first-order chi connectivity index (χ1) is 8.20. The van der Waals surface area contributed by atoms with Gasteiger partial charge in [0.15, 0.2) is 0 Å². The van der Waals surface area contributed by atoms with Gasteiger partial charge in [-0.1, -0.05) is 0 Å². The number of hydrogen-bond acceptors (Lipinski definition) is 3. The molecule has 94 valence electrons. The Kier molecular flexibility index (Phi) is 3.78. The minimum Gasteiger partial charge on any atom is -0.369 e. The van der Waals surface area contributed by atoms with Gasteiger partial charge in [0.2, 0.25) is 5.91 Å². The van der Waals surface area contributed by atoms with Crippen LogP contribution in [0.25, 0.3) is 0 Å². The third-order valence-electron chi connectivity index (χ3n) is 3.42. The lowest BCUT2D eigenvalue weighted by molar-refractivity contribution is -0.123. The molecule has 0 spiro atoms. The number of carbonyl (C=O) groups excluding carboxylic acids is 1. The highest BCUT2D eigenvalue weighted by Crippen LogP contribution is 2.19. The van der Waals surface area contributed by atoms with E-state index in [-0.39, 0.29) is 17.9 Å². The van der Waals surface area contributed by atoms with Crippen LogP contribution in [-0.4, -0.2) is 28.3 Å². The molecule has 17 heavy (non-hydrogen) atoms. The number of nitrogens with two attached hydrogens (primary N) is 1. The van der Waals surface area contributed by atoms with E-state index in [4.69, 9.17) is 5.73 Å². The van der Waals surface area contributed by atoms with Crippen molar-refractivity contribution in [2.24, 2.45) is 11.7 Å². The van der Waals surface area contributed by atoms with E-state index < -0.39 is 0 Å². The second-order valence-corrected chi connectivity index (χ2v) is 4.62. The lowest BCUT2D eigenvalue weighted by Gasteiger charge is -2.30. The van der Waals surface area contributed by atoms with Crippen LogP contribution < -0.4 is 11.1 Å². The molecule has 0 saturated carbocycles. The number of amides is 1. The van der Waals surface area contributed by atoms with E-state index in [0.29, 0.717) is 0 Å². The third-order valence-corrected chi connectivity index (χ3v) is 3.42. The summed E-state index contributed by atoms with van der Waals surface area (Å²) in [7, 11) is 0. The van der Waals surface area contributed by atoms with Crippen molar-refractivity contribution in [2.45, 2.75) is 38.8 Å². The normalized spacial score (nSPS) is 24.8. The summed E-state index contributed by atoms with van der Waals surface area (Å²) in [6.07, 6.45) is 6.66. The Morgan fingerprint density at radius 2 is 2.53 bits per heavy atom. The fourth-order valence-corrected chi connectivity index (χ4v) is 2.45. The molecule has 0 radical (unpaired) electrons. The Morgan fingerprint density at radius 1 is 1.71 bits per heavy atom. The van der Waals surface area contributed by atoms with Gasteiger partial charge < -0.3 is 11.1 Å². The van der Waals surface area contributed by atoms with Gasteiger partial charge in [-0.15, -0.1) is 0 Å². The maximum atomic E-state index is 11.4. The Morgan fingerprint density at radius 3 is 3.18 bits per heavy atom. The molecule has 0 bridgehead atoms. The average molecular weight is 236 g/mol. The van der Waals surface area contributed by atoms with Gasteiger partial charge >= 0.3 is 0 Å². The van der Waals surface area contributed by atoms with Crippen LogP contribution in [0.3, 0.4) is 0 Å². The average Bonchev–Trinajstić information content (AvgIpc) is 2.77. The summed E-state index contributed by atoms with van der Waals surface area (Å²) in [5, 5.41) is 7.63. The molecule has 1 aromatic rings. The number of aromatic nitrogens is 2. The standard InChI is InChI=1S/C12H20N4O/c1-2-16-8-9(7-15-16)6-11-10(12(13)17)4-3-5-14-11/h7-8,10-11,14H,2-6H2,1H3,(H2,13,17). The van der Waals surface area contributed by atoms with Gasteiger partial charge in [0.25, 0.3) is 0 Å². The van der Waals surface area contributed by atoms with Crippen LogP contribution in [0.15, 0.2) is 12.4 Å². The van der Waals surface area contributed by atoms with Crippen LogP contribution in [0.1, 0.15) is 25.3 Å². The van der Waals surface area contributed by atoms with Crippen LogP contribution in [0, 0.1) is 5.92 Å². The summed E-state index contributed by atoms with van der Waals surface area (Å²) in [5.74, 6) is -0.237. The number of piperidine rings is 1. The quantitative estimate of drug-likeness (QED) is 0.789. The lowest BCUT2D eigenvalue weighted by atomic mass is 9.87. The molecule has 1 aliphatic rings. The summed E-state index contributed by atoms with van der Waals surface area (Å²) >= 11 is 0. The molecule has 1 aromatic heterocycles. The van der Waals surface area contributed by atoms with Gasteiger partial charge in [0, 0.05) is 18.8 Å². The summed E-state index contributed by atoms with van der Waals surface area (Å²) in [4.78, 5) is 11.4. The molecule has 2 heterocycles. The first-order valence-electron chi connectivity index (χ1n) is 6.24. The van der Waals surface area contributed by atoms with Gasteiger partial charge in [-0.3, -0.25) is 9.48 Å². The van der Waals surface area contributed by atoms with Gasteiger partial charge in [-0.2, -0.15) is 5.10 Å². The van der Waals surface area contributed by atoms with Gasteiger partial charge in [0.1, 0.15) is 0 Å². The maximum Gasteiger partial charge on any atom is 0.222 e. The zero-order valence-corrected chi connectivity index (χ0v) is 10.2. The number of aryl methyl sites for hydroxylation is 1. The first kappa shape index (κ1) is 12.1. The van der Waals surface area contributed by atoms with E-state index in [2.05, 4.69) is 17.3 Å².